The SMILES string of the molecule is CC1(C)CCC(CN)(c2ccc(F)cc2)C1. The Bertz CT molecular complexity index is 369. The van der Waals surface area contributed by atoms with Crippen molar-refractivity contribution in [3.8, 4) is 0 Å². The van der Waals surface area contributed by atoms with Gasteiger partial charge in [0, 0.05) is 12.0 Å². The van der Waals surface area contributed by atoms with Crippen molar-refractivity contribution in [2.75, 3.05) is 6.54 Å². The quantitative estimate of drug-likeness (QED) is 0.815. The van der Waals surface area contributed by atoms with Crippen LogP contribution in [0.1, 0.15) is 38.7 Å². The third-order valence-corrected chi connectivity index (χ3v) is 3.94. The van der Waals surface area contributed by atoms with E-state index in [4.69, 9.17) is 5.73 Å². The highest BCUT2D eigenvalue weighted by molar-refractivity contribution is 5.28. The van der Waals surface area contributed by atoms with Crippen molar-refractivity contribution in [2.45, 2.75) is 38.5 Å². The fraction of sp³-hybridized carbons (Fsp3) is 0.571. The first-order valence-electron chi connectivity index (χ1n) is 5.94. The highest BCUT2D eigenvalue weighted by atomic mass is 19.1. The van der Waals surface area contributed by atoms with Gasteiger partial charge in [-0.1, -0.05) is 26.0 Å². The highest BCUT2D eigenvalue weighted by Crippen LogP contribution is 2.49. The summed E-state index contributed by atoms with van der Waals surface area (Å²) in [5, 5.41) is 0. The summed E-state index contributed by atoms with van der Waals surface area (Å²) in [6, 6.07) is 6.86. The second-order valence-corrected chi connectivity index (χ2v) is 5.83. The molecule has 0 aromatic heterocycles. The summed E-state index contributed by atoms with van der Waals surface area (Å²) < 4.78 is 12.9. The first kappa shape index (κ1) is 11.6. The summed E-state index contributed by atoms with van der Waals surface area (Å²) in [5.74, 6) is -0.173. The molecule has 1 fully saturated rings. The van der Waals surface area contributed by atoms with Gasteiger partial charge in [-0.3, -0.25) is 0 Å². The molecule has 1 aliphatic rings. The molecule has 2 rings (SSSR count). The zero-order valence-corrected chi connectivity index (χ0v) is 10.1. The Morgan fingerprint density at radius 3 is 2.25 bits per heavy atom. The van der Waals surface area contributed by atoms with E-state index < -0.39 is 0 Å². The molecular formula is C14H20FN. The van der Waals surface area contributed by atoms with Crippen LogP contribution in [0.2, 0.25) is 0 Å². The normalized spacial score (nSPS) is 28.2. The Balaban J connectivity index is 2.33. The predicted octanol–water partition coefficient (Wildman–Crippen LogP) is 3.23. The number of nitrogens with two attached hydrogens (primary N) is 1. The Kier molecular flexibility index (Phi) is 2.79. The molecule has 1 atom stereocenters. The minimum absolute atomic E-state index is 0.0667. The monoisotopic (exact) mass is 221 g/mol. The summed E-state index contributed by atoms with van der Waals surface area (Å²) in [6.07, 6.45) is 3.41. The van der Waals surface area contributed by atoms with Crippen molar-refractivity contribution < 1.29 is 4.39 Å². The van der Waals surface area contributed by atoms with Gasteiger partial charge in [0.1, 0.15) is 5.82 Å². The van der Waals surface area contributed by atoms with Gasteiger partial charge in [-0.25, -0.2) is 4.39 Å². The molecule has 88 valence electrons. The van der Waals surface area contributed by atoms with Crippen LogP contribution in [0, 0.1) is 11.2 Å². The van der Waals surface area contributed by atoms with Gasteiger partial charge in [-0.05, 0) is 42.4 Å². The molecule has 0 saturated heterocycles. The van der Waals surface area contributed by atoms with E-state index in [1.165, 1.54) is 24.1 Å². The number of rotatable bonds is 2. The van der Waals surface area contributed by atoms with Crippen LogP contribution in [0.5, 0.6) is 0 Å². The molecule has 1 aromatic carbocycles. The first-order chi connectivity index (χ1) is 7.47. The molecule has 1 aliphatic carbocycles. The van der Waals surface area contributed by atoms with Crippen molar-refractivity contribution in [3.05, 3.63) is 35.6 Å². The Morgan fingerprint density at radius 1 is 1.19 bits per heavy atom. The van der Waals surface area contributed by atoms with Crippen molar-refractivity contribution in [2.24, 2.45) is 11.1 Å². The maximum atomic E-state index is 12.9. The molecule has 0 spiro atoms. The molecule has 0 bridgehead atoms. The minimum atomic E-state index is -0.173. The van der Waals surface area contributed by atoms with Crippen LogP contribution in [0.3, 0.4) is 0 Å². The predicted molar refractivity (Wildman–Crippen MR) is 64.8 cm³/mol. The third kappa shape index (κ3) is 1.99. The fourth-order valence-electron chi connectivity index (χ4n) is 3.01. The van der Waals surface area contributed by atoms with Crippen molar-refractivity contribution in [1.29, 1.82) is 0 Å². The summed E-state index contributed by atoms with van der Waals surface area (Å²) in [6.45, 7) is 5.23. The lowest BCUT2D eigenvalue weighted by atomic mass is 9.76. The fourth-order valence-corrected chi connectivity index (χ4v) is 3.01. The molecule has 0 heterocycles. The zero-order chi connectivity index (χ0) is 11.8. The van der Waals surface area contributed by atoms with Gasteiger partial charge in [-0.2, -0.15) is 0 Å². The lowest BCUT2D eigenvalue weighted by Gasteiger charge is -2.30. The van der Waals surface area contributed by atoms with Gasteiger partial charge in [0.15, 0.2) is 0 Å². The number of hydrogen-bond donors (Lipinski definition) is 1. The van der Waals surface area contributed by atoms with E-state index in [0.29, 0.717) is 12.0 Å². The van der Waals surface area contributed by atoms with E-state index in [9.17, 15) is 4.39 Å². The molecule has 0 amide bonds. The van der Waals surface area contributed by atoms with Gasteiger partial charge in [0.05, 0.1) is 0 Å². The van der Waals surface area contributed by atoms with E-state index in [1.54, 1.807) is 0 Å². The van der Waals surface area contributed by atoms with Crippen LogP contribution in [-0.4, -0.2) is 6.54 Å². The lowest BCUT2D eigenvalue weighted by molar-refractivity contribution is 0.338. The first-order valence-corrected chi connectivity index (χ1v) is 5.94. The van der Waals surface area contributed by atoms with Gasteiger partial charge in [0.2, 0.25) is 0 Å². The van der Waals surface area contributed by atoms with Crippen LogP contribution in [0.25, 0.3) is 0 Å². The summed E-state index contributed by atoms with van der Waals surface area (Å²) in [7, 11) is 0. The van der Waals surface area contributed by atoms with E-state index >= 15 is 0 Å². The maximum Gasteiger partial charge on any atom is 0.123 e. The van der Waals surface area contributed by atoms with Crippen LogP contribution in [0.4, 0.5) is 4.39 Å². The minimum Gasteiger partial charge on any atom is -0.330 e. The second-order valence-electron chi connectivity index (χ2n) is 5.83. The van der Waals surface area contributed by atoms with Gasteiger partial charge >= 0.3 is 0 Å². The molecule has 1 saturated carbocycles. The number of hydrogen-bond acceptors (Lipinski definition) is 1. The smallest absolute Gasteiger partial charge is 0.123 e. The molecule has 16 heavy (non-hydrogen) atoms. The topological polar surface area (TPSA) is 26.0 Å². The lowest BCUT2D eigenvalue weighted by Crippen LogP contribution is -2.33. The molecule has 2 heteroatoms. The van der Waals surface area contributed by atoms with E-state index in [-0.39, 0.29) is 11.2 Å². The Morgan fingerprint density at radius 2 is 1.81 bits per heavy atom. The van der Waals surface area contributed by atoms with Crippen molar-refractivity contribution in [1.82, 2.24) is 0 Å². The molecule has 1 unspecified atom stereocenters. The standard InChI is InChI=1S/C14H20FN/c1-13(2)7-8-14(9-13,10-16)11-3-5-12(15)6-4-11/h3-6H,7-10,16H2,1-2H3. The molecule has 0 aliphatic heterocycles. The third-order valence-electron chi connectivity index (χ3n) is 3.94. The highest BCUT2D eigenvalue weighted by Gasteiger charge is 2.43. The van der Waals surface area contributed by atoms with Gasteiger partial charge < -0.3 is 5.73 Å². The summed E-state index contributed by atoms with van der Waals surface area (Å²) >= 11 is 0. The van der Waals surface area contributed by atoms with Crippen LogP contribution in [0.15, 0.2) is 24.3 Å². The number of halogens is 1. The average molecular weight is 221 g/mol. The molecular weight excluding hydrogens is 201 g/mol. The molecule has 0 radical (unpaired) electrons. The van der Waals surface area contributed by atoms with E-state index in [0.717, 1.165) is 12.8 Å². The van der Waals surface area contributed by atoms with E-state index in [2.05, 4.69) is 13.8 Å². The van der Waals surface area contributed by atoms with Crippen LogP contribution < -0.4 is 5.73 Å². The summed E-state index contributed by atoms with van der Waals surface area (Å²) in [5.41, 5.74) is 7.58. The van der Waals surface area contributed by atoms with Crippen LogP contribution in [-0.2, 0) is 5.41 Å². The maximum absolute atomic E-state index is 12.9. The van der Waals surface area contributed by atoms with Gasteiger partial charge in [-0.15, -0.1) is 0 Å². The van der Waals surface area contributed by atoms with Gasteiger partial charge in [0.25, 0.3) is 0 Å². The average Bonchev–Trinajstić information content (AvgIpc) is 2.57. The zero-order valence-electron chi connectivity index (χ0n) is 10.1. The molecule has 2 N–H and O–H groups in total. The second kappa shape index (κ2) is 3.85. The molecule has 1 aromatic rings. The molecule has 1 nitrogen and oxygen atoms in total. The van der Waals surface area contributed by atoms with Crippen LogP contribution >= 0.6 is 0 Å². The summed E-state index contributed by atoms with van der Waals surface area (Å²) in [4.78, 5) is 0. The van der Waals surface area contributed by atoms with E-state index in [1.807, 2.05) is 12.1 Å². The number of benzene rings is 1. The Hall–Kier alpha value is -0.890. The Labute approximate surface area is 96.9 Å². The largest absolute Gasteiger partial charge is 0.330 e. The van der Waals surface area contributed by atoms with Crippen molar-refractivity contribution in [3.63, 3.8) is 0 Å². The van der Waals surface area contributed by atoms with Crippen molar-refractivity contribution >= 4 is 0 Å².